The number of aromatic amines is 1. The van der Waals surface area contributed by atoms with E-state index in [-0.39, 0.29) is 5.91 Å². The lowest BCUT2D eigenvalue weighted by Crippen LogP contribution is -2.28. The van der Waals surface area contributed by atoms with Gasteiger partial charge in [0.05, 0.1) is 11.4 Å². The average molecular weight is 526 g/mol. The fourth-order valence-electron chi connectivity index (χ4n) is 5.56. The number of benzene rings is 1. The summed E-state index contributed by atoms with van der Waals surface area (Å²) in [6, 6.07) is 15.4. The van der Waals surface area contributed by atoms with Gasteiger partial charge < -0.3 is 20.1 Å². The highest BCUT2D eigenvalue weighted by molar-refractivity contribution is 5.98. The summed E-state index contributed by atoms with van der Waals surface area (Å²) in [6.07, 6.45) is 9.58. The maximum Gasteiger partial charge on any atom is 0.270 e. The van der Waals surface area contributed by atoms with E-state index in [1.165, 1.54) is 32.4 Å². The molecule has 0 bridgehead atoms. The Bertz CT molecular complexity index is 1390. The van der Waals surface area contributed by atoms with Gasteiger partial charge in [-0.3, -0.25) is 9.78 Å². The van der Waals surface area contributed by atoms with Crippen LogP contribution in [-0.2, 0) is 0 Å². The molecule has 2 unspecified atom stereocenters. The number of pyridine rings is 1. The molecule has 1 aliphatic rings. The molecule has 1 aromatic carbocycles. The Morgan fingerprint density at radius 1 is 1.10 bits per heavy atom. The van der Waals surface area contributed by atoms with Gasteiger partial charge in [0, 0.05) is 42.6 Å². The molecule has 0 radical (unpaired) electrons. The maximum absolute atomic E-state index is 13.2. The molecule has 0 spiro atoms. The topological polar surface area (TPSA) is 90.0 Å². The normalized spacial score (nSPS) is 17.1. The molecule has 4 aromatic rings. The largest absolute Gasteiger partial charge is 0.351 e. The number of amides is 1. The lowest BCUT2D eigenvalue weighted by atomic mass is 9.85. The SMILES string of the molecule is CC(CCCN(C)C(=O)c1cc2cc(Nc3nccc(-c4ccccn4)n3)ccc2[nH]1)C1CCCN(C)CC1. The van der Waals surface area contributed by atoms with Crippen LogP contribution in [0.25, 0.3) is 22.3 Å². The summed E-state index contributed by atoms with van der Waals surface area (Å²) >= 11 is 0. The van der Waals surface area contributed by atoms with E-state index in [1.807, 2.05) is 60.5 Å². The predicted octanol–water partition coefficient (Wildman–Crippen LogP) is 5.98. The Morgan fingerprint density at radius 2 is 2.00 bits per heavy atom. The Hall–Kier alpha value is -3.78. The van der Waals surface area contributed by atoms with Gasteiger partial charge in [0.2, 0.25) is 5.95 Å². The van der Waals surface area contributed by atoms with Crippen molar-refractivity contribution in [2.75, 3.05) is 39.0 Å². The van der Waals surface area contributed by atoms with Crippen molar-refractivity contribution >= 4 is 28.4 Å². The minimum Gasteiger partial charge on any atom is -0.351 e. The van der Waals surface area contributed by atoms with Gasteiger partial charge in [-0.15, -0.1) is 0 Å². The monoisotopic (exact) mass is 525 g/mol. The van der Waals surface area contributed by atoms with Crippen molar-refractivity contribution in [1.29, 1.82) is 0 Å². The molecule has 2 atom stereocenters. The highest BCUT2D eigenvalue weighted by atomic mass is 16.2. The van der Waals surface area contributed by atoms with E-state index in [9.17, 15) is 4.79 Å². The lowest BCUT2D eigenvalue weighted by Gasteiger charge is -2.24. The molecule has 1 amide bonds. The molecule has 8 nitrogen and oxygen atoms in total. The van der Waals surface area contributed by atoms with E-state index in [0.29, 0.717) is 17.6 Å². The summed E-state index contributed by atoms with van der Waals surface area (Å²) in [7, 11) is 4.13. The number of carbonyl (C=O) groups excluding carboxylic acids is 1. The second-order valence-corrected chi connectivity index (χ2v) is 10.9. The number of likely N-dealkylation sites (tertiary alicyclic amines) is 1. The number of nitrogens with one attached hydrogen (secondary N) is 2. The number of carbonyl (C=O) groups is 1. The van der Waals surface area contributed by atoms with Crippen molar-refractivity contribution in [3.63, 3.8) is 0 Å². The molecular formula is C31H39N7O. The molecule has 0 aliphatic carbocycles. The molecule has 2 N–H and O–H groups in total. The van der Waals surface area contributed by atoms with E-state index < -0.39 is 0 Å². The molecule has 0 saturated carbocycles. The third kappa shape index (κ3) is 6.81. The van der Waals surface area contributed by atoms with Crippen molar-refractivity contribution in [2.24, 2.45) is 11.8 Å². The second-order valence-electron chi connectivity index (χ2n) is 10.9. The number of aromatic nitrogens is 4. The smallest absolute Gasteiger partial charge is 0.270 e. The summed E-state index contributed by atoms with van der Waals surface area (Å²) in [5, 5.41) is 4.24. The number of anilines is 2. The Labute approximate surface area is 230 Å². The van der Waals surface area contributed by atoms with Crippen LogP contribution in [0.15, 0.2) is 60.9 Å². The first-order chi connectivity index (χ1) is 19.0. The Balaban J connectivity index is 1.18. The Kier molecular flexibility index (Phi) is 8.51. The zero-order valence-corrected chi connectivity index (χ0v) is 23.2. The van der Waals surface area contributed by atoms with E-state index in [0.717, 1.165) is 53.3 Å². The first kappa shape index (κ1) is 26.8. The summed E-state index contributed by atoms with van der Waals surface area (Å²) in [4.78, 5) is 34.1. The third-order valence-corrected chi connectivity index (χ3v) is 7.99. The van der Waals surface area contributed by atoms with Crippen LogP contribution in [-0.4, -0.2) is 69.4 Å². The van der Waals surface area contributed by atoms with Crippen LogP contribution in [0.4, 0.5) is 11.6 Å². The van der Waals surface area contributed by atoms with E-state index in [1.54, 1.807) is 12.4 Å². The van der Waals surface area contributed by atoms with Crippen molar-refractivity contribution in [1.82, 2.24) is 29.7 Å². The van der Waals surface area contributed by atoms with Gasteiger partial charge in [0.15, 0.2) is 0 Å². The summed E-state index contributed by atoms with van der Waals surface area (Å²) in [5.41, 5.74) is 3.93. The van der Waals surface area contributed by atoms with Crippen molar-refractivity contribution in [3.8, 4) is 11.4 Å². The fourth-order valence-corrected chi connectivity index (χ4v) is 5.56. The van der Waals surface area contributed by atoms with Crippen LogP contribution in [0.3, 0.4) is 0 Å². The lowest BCUT2D eigenvalue weighted by molar-refractivity contribution is 0.0784. The Morgan fingerprint density at radius 3 is 2.85 bits per heavy atom. The standard InChI is InChI=1S/C31H39N7O/c1-22(23-9-7-17-37(2)19-14-23)8-6-18-38(3)30(39)29-21-24-20-25(11-12-26(24)35-29)34-31-33-16-13-28(36-31)27-10-4-5-15-32-27/h4-5,10-13,15-16,20-23,35H,6-9,14,17-19H2,1-3H3,(H,33,34,36). The van der Waals surface area contributed by atoms with Gasteiger partial charge in [-0.2, -0.15) is 0 Å². The van der Waals surface area contributed by atoms with E-state index in [4.69, 9.17) is 0 Å². The van der Waals surface area contributed by atoms with Crippen molar-refractivity contribution in [3.05, 3.63) is 66.6 Å². The van der Waals surface area contributed by atoms with Crippen LogP contribution in [0.5, 0.6) is 0 Å². The first-order valence-electron chi connectivity index (χ1n) is 14.0. The fraction of sp³-hybridized carbons (Fsp3) is 0.419. The van der Waals surface area contributed by atoms with Crippen LogP contribution >= 0.6 is 0 Å². The van der Waals surface area contributed by atoms with Crippen LogP contribution in [0.2, 0.25) is 0 Å². The minimum atomic E-state index is 0.0239. The molecule has 8 heteroatoms. The van der Waals surface area contributed by atoms with Gasteiger partial charge in [-0.1, -0.05) is 13.0 Å². The van der Waals surface area contributed by atoms with Gasteiger partial charge in [0.1, 0.15) is 5.69 Å². The highest BCUT2D eigenvalue weighted by Gasteiger charge is 2.21. The van der Waals surface area contributed by atoms with Crippen LogP contribution in [0.1, 0.15) is 49.5 Å². The molecule has 39 heavy (non-hydrogen) atoms. The average Bonchev–Trinajstić information content (AvgIpc) is 3.25. The summed E-state index contributed by atoms with van der Waals surface area (Å²) in [6.45, 7) is 5.58. The van der Waals surface area contributed by atoms with E-state index in [2.05, 4.69) is 44.1 Å². The summed E-state index contributed by atoms with van der Waals surface area (Å²) in [5.74, 6) is 2.02. The zero-order chi connectivity index (χ0) is 27.2. The molecular weight excluding hydrogens is 486 g/mol. The van der Waals surface area contributed by atoms with Gasteiger partial charge >= 0.3 is 0 Å². The van der Waals surface area contributed by atoms with Crippen LogP contribution in [0, 0.1) is 11.8 Å². The number of rotatable bonds is 9. The van der Waals surface area contributed by atoms with Gasteiger partial charge in [0.25, 0.3) is 5.91 Å². The zero-order valence-electron chi connectivity index (χ0n) is 23.2. The molecule has 1 aliphatic heterocycles. The molecule has 204 valence electrons. The van der Waals surface area contributed by atoms with Gasteiger partial charge in [-0.05, 0) is 107 Å². The van der Waals surface area contributed by atoms with Crippen LogP contribution < -0.4 is 5.32 Å². The number of H-pyrrole nitrogens is 1. The maximum atomic E-state index is 13.2. The number of hydrogen-bond acceptors (Lipinski definition) is 6. The molecule has 1 fully saturated rings. The highest BCUT2D eigenvalue weighted by Crippen LogP contribution is 2.28. The molecule has 5 rings (SSSR count). The van der Waals surface area contributed by atoms with Crippen molar-refractivity contribution in [2.45, 2.75) is 39.0 Å². The van der Waals surface area contributed by atoms with E-state index >= 15 is 0 Å². The molecule has 4 heterocycles. The first-order valence-corrected chi connectivity index (χ1v) is 14.0. The van der Waals surface area contributed by atoms with Crippen molar-refractivity contribution < 1.29 is 4.79 Å². The number of fused-ring (bicyclic) bond motifs is 1. The number of hydrogen-bond donors (Lipinski definition) is 2. The van der Waals surface area contributed by atoms with Gasteiger partial charge in [-0.25, -0.2) is 9.97 Å². The molecule has 1 saturated heterocycles. The minimum absolute atomic E-state index is 0.0239. The third-order valence-electron chi connectivity index (χ3n) is 7.99. The predicted molar refractivity (Wildman–Crippen MR) is 157 cm³/mol. The second kappa shape index (κ2) is 12.4. The summed E-state index contributed by atoms with van der Waals surface area (Å²) < 4.78 is 0. The molecule has 3 aromatic heterocycles. The number of nitrogens with zero attached hydrogens (tertiary/aromatic N) is 5. The quantitative estimate of drug-likeness (QED) is 0.279.